The van der Waals surface area contributed by atoms with Crippen LogP contribution in [0.15, 0.2) is 67.1 Å². The normalized spacial score (nSPS) is 18.0. The maximum absolute atomic E-state index is 12.6. The Morgan fingerprint density at radius 3 is 1.98 bits per heavy atom. The van der Waals surface area contributed by atoms with Gasteiger partial charge in [0.15, 0.2) is 0 Å². The highest BCUT2D eigenvalue weighted by molar-refractivity contribution is 6.00. The van der Waals surface area contributed by atoms with Crippen molar-refractivity contribution in [2.45, 2.75) is 77.7 Å². The van der Waals surface area contributed by atoms with Crippen LogP contribution in [0.25, 0.3) is 22.2 Å². The molecule has 0 spiro atoms. The summed E-state index contributed by atoms with van der Waals surface area (Å²) in [5.41, 5.74) is 8.01. The number of likely N-dealkylation sites (tertiary alicyclic amines) is 2. The monoisotopic (exact) mass is 658 g/mol. The molecule has 2 saturated heterocycles. The largest absolute Gasteiger partial charge is 0.457 e. The molecular weight excluding hydrogens is 612 g/mol. The molecule has 256 valence electrons. The van der Waals surface area contributed by atoms with E-state index >= 15 is 0 Å². The van der Waals surface area contributed by atoms with Crippen molar-refractivity contribution in [3.05, 3.63) is 67.1 Å². The fourth-order valence-corrected chi connectivity index (χ4v) is 5.63. The lowest BCUT2D eigenvalue weighted by Crippen LogP contribution is -2.35. The third kappa shape index (κ3) is 8.74. The summed E-state index contributed by atoms with van der Waals surface area (Å²) in [7, 11) is 0. The summed E-state index contributed by atoms with van der Waals surface area (Å²) in [6.45, 7) is 13.3. The Morgan fingerprint density at radius 2 is 1.40 bits per heavy atom. The number of anilines is 1. The van der Waals surface area contributed by atoms with E-state index in [2.05, 4.69) is 20.7 Å². The van der Waals surface area contributed by atoms with Gasteiger partial charge in [-0.15, -0.1) is 0 Å². The molecule has 4 heterocycles. The third-order valence-electron chi connectivity index (χ3n) is 7.81. The fourth-order valence-electron chi connectivity index (χ4n) is 5.63. The number of aliphatic hydroxyl groups excluding tert-OH is 1. The highest BCUT2D eigenvalue weighted by Crippen LogP contribution is 2.37. The smallest absolute Gasteiger partial charge is 0.410 e. The third-order valence-corrected chi connectivity index (χ3v) is 7.81. The van der Waals surface area contributed by atoms with Gasteiger partial charge in [-0.2, -0.15) is 0 Å². The first-order valence-electron chi connectivity index (χ1n) is 16.2. The predicted molar refractivity (Wildman–Crippen MR) is 184 cm³/mol. The molecule has 2 unspecified atom stereocenters. The lowest BCUT2D eigenvalue weighted by atomic mass is 10.1. The maximum Gasteiger partial charge on any atom is 0.410 e. The number of nitrogens with two attached hydrogens (primary N) is 1. The summed E-state index contributed by atoms with van der Waals surface area (Å²) < 4.78 is 18.8. The van der Waals surface area contributed by atoms with Crippen LogP contribution >= 0.6 is 0 Å². The van der Waals surface area contributed by atoms with Crippen LogP contribution in [-0.2, 0) is 9.47 Å². The number of fused-ring (bicyclic) bond motifs is 1. The molecule has 12 nitrogen and oxygen atoms in total. The zero-order valence-electron chi connectivity index (χ0n) is 28.6. The Bertz CT molecular complexity index is 1710. The standard InChI is InChI=1S/C27H29N5O3.C9H17NO3/c1-27(2,3)35-26(33)31-14-13-19(15-31)32-16-22(23-24(28)29-17-30-25(23)32)18-9-11-21(12-10-18)34-20-7-5-4-6-8-20;1-9(2,3)13-8(12)10-5-4-7(11)6-10/h4-12,16-17,19H,13-15H2,1-3H3,(H2,28,29,30);7,11H,4-6H2,1-3H3. The van der Waals surface area contributed by atoms with E-state index in [1.807, 2.05) is 96.1 Å². The van der Waals surface area contributed by atoms with Crippen molar-refractivity contribution in [1.82, 2.24) is 24.3 Å². The van der Waals surface area contributed by atoms with Gasteiger partial charge in [-0.05, 0) is 84.2 Å². The Morgan fingerprint density at radius 1 is 0.812 bits per heavy atom. The average molecular weight is 659 g/mol. The lowest BCUT2D eigenvalue weighted by molar-refractivity contribution is 0.0266. The number of hydrogen-bond acceptors (Lipinski definition) is 9. The number of rotatable bonds is 4. The Labute approximate surface area is 281 Å². The SMILES string of the molecule is CC(C)(C)OC(=O)N1CCC(O)C1.CC(C)(C)OC(=O)N1CCC(n2cc(-c3ccc(Oc4ccccc4)cc3)c3c(N)ncnc32)C1. The summed E-state index contributed by atoms with van der Waals surface area (Å²) in [5, 5.41) is 10.0. The first-order valence-corrected chi connectivity index (χ1v) is 16.2. The summed E-state index contributed by atoms with van der Waals surface area (Å²) in [4.78, 5) is 36.1. The zero-order valence-corrected chi connectivity index (χ0v) is 28.6. The zero-order chi connectivity index (χ0) is 34.6. The molecule has 4 aromatic rings. The van der Waals surface area contributed by atoms with Crippen molar-refractivity contribution in [3.63, 3.8) is 0 Å². The molecule has 0 bridgehead atoms. The molecule has 2 aromatic carbocycles. The van der Waals surface area contributed by atoms with E-state index in [1.54, 1.807) is 4.90 Å². The number of carbonyl (C=O) groups is 2. The van der Waals surface area contributed by atoms with Crippen LogP contribution < -0.4 is 10.5 Å². The second-order valence-electron chi connectivity index (χ2n) is 14.1. The van der Waals surface area contributed by atoms with Gasteiger partial charge >= 0.3 is 12.2 Å². The second-order valence-corrected chi connectivity index (χ2v) is 14.1. The number of aromatic nitrogens is 3. The maximum atomic E-state index is 12.6. The molecule has 2 aliphatic rings. The van der Waals surface area contributed by atoms with Crippen molar-refractivity contribution < 1.29 is 28.9 Å². The van der Waals surface area contributed by atoms with E-state index < -0.39 is 11.2 Å². The summed E-state index contributed by atoms with van der Waals surface area (Å²) in [5.74, 6) is 1.96. The molecule has 6 rings (SSSR count). The number of carbonyl (C=O) groups excluding carboxylic acids is 2. The van der Waals surface area contributed by atoms with E-state index in [4.69, 9.17) is 19.9 Å². The van der Waals surface area contributed by atoms with Crippen LogP contribution in [0.4, 0.5) is 15.4 Å². The molecule has 2 amide bonds. The number of para-hydroxylation sites is 1. The van der Waals surface area contributed by atoms with Crippen LogP contribution in [0, 0.1) is 0 Å². The van der Waals surface area contributed by atoms with Crippen molar-refractivity contribution >= 4 is 29.0 Å². The number of amides is 2. The first-order chi connectivity index (χ1) is 22.7. The van der Waals surface area contributed by atoms with Gasteiger partial charge < -0.3 is 39.4 Å². The number of benzene rings is 2. The highest BCUT2D eigenvalue weighted by Gasteiger charge is 2.32. The average Bonchev–Trinajstić information content (AvgIpc) is 3.76. The van der Waals surface area contributed by atoms with E-state index in [1.165, 1.54) is 11.2 Å². The number of ether oxygens (including phenoxy) is 3. The molecule has 2 aliphatic heterocycles. The van der Waals surface area contributed by atoms with Gasteiger partial charge in [-0.25, -0.2) is 19.6 Å². The highest BCUT2D eigenvalue weighted by atomic mass is 16.6. The Balaban J connectivity index is 0.000000292. The summed E-state index contributed by atoms with van der Waals surface area (Å²) in [6.07, 6.45) is 3.99. The molecule has 0 radical (unpaired) electrons. The molecule has 2 fully saturated rings. The van der Waals surface area contributed by atoms with Crippen LogP contribution in [0.2, 0.25) is 0 Å². The van der Waals surface area contributed by atoms with Gasteiger partial charge in [-0.3, -0.25) is 0 Å². The molecule has 48 heavy (non-hydrogen) atoms. The van der Waals surface area contributed by atoms with Crippen LogP contribution in [0.3, 0.4) is 0 Å². The van der Waals surface area contributed by atoms with Gasteiger partial charge in [-0.1, -0.05) is 30.3 Å². The van der Waals surface area contributed by atoms with Gasteiger partial charge in [0, 0.05) is 37.9 Å². The minimum absolute atomic E-state index is 0.0637. The molecule has 2 aromatic heterocycles. The van der Waals surface area contributed by atoms with Crippen molar-refractivity contribution in [1.29, 1.82) is 0 Å². The van der Waals surface area contributed by atoms with E-state index in [0.717, 1.165) is 40.1 Å². The van der Waals surface area contributed by atoms with Gasteiger partial charge in [0.05, 0.1) is 17.5 Å². The van der Waals surface area contributed by atoms with E-state index in [-0.39, 0.29) is 24.3 Å². The molecule has 0 aliphatic carbocycles. The molecule has 0 saturated carbocycles. The predicted octanol–water partition coefficient (Wildman–Crippen LogP) is 6.64. The fraction of sp³-hybridized carbons (Fsp3) is 0.444. The second kappa shape index (κ2) is 14.1. The number of β-amino-alcohol motifs (C(OH)–C–C–N with tert-alkyl or cyclic N) is 1. The number of aliphatic hydroxyl groups is 1. The topological polar surface area (TPSA) is 145 Å². The van der Waals surface area contributed by atoms with Gasteiger partial charge in [0.1, 0.15) is 40.5 Å². The minimum Gasteiger partial charge on any atom is -0.457 e. The van der Waals surface area contributed by atoms with Crippen molar-refractivity contribution in [3.8, 4) is 22.6 Å². The lowest BCUT2D eigenvalue weighted by Gasteiger charge is -2.24. The van der Waals surface area contributed by atoms with Crippen LogP contribution in [-0.4, -0.2) is 85.1 Å². The van der Waals surface area contributed by atoms with Crippen molar-refractivity contribution in [2.75, 3.05) is 31.9 Å². The summed E-state index contributed by atoms with van der Waals surface area (Å²) >= 11 is 0. The number of hydrogen-bond donors (Lipinski definition) is 2. The Kier molecular flexibility index (Phi) is 10.1. The van der Waals surface area contributed by atoms with Crippen molar-refractivity contribution in [2.24, 2.45) is 0 Å². The number of nitrogen functional groups attached to an aromatic ring is 1. The molecular formula is C36H46N6O6. The van der Waals surface area contributed by atoms with Crippen LogP contribution in [0.1, 0.15) is 60.4 Å². The Hall–Kier alpha value is -4.84. The van der Waals surface area contributed by atoms with E-state index in [9.17, 15) is 14.7 Å². The quantitative estimate of drug-likeness (QED) is 0.246. The van der Waals surface area contributed by atoms with Gasteiger partial charge in [0.2, 0.25) is 0 Å². The minimum atomic E-state index is -0.527. The summed E-state index contributed by atoms with van der Waals surface area (Å²) in [6, 6.07) is 17.6. The molecule has 3 N–H and O–H groups in total. The van der Waals surface area contributed by atoms with Crippen LogP contribution in [0.5, 0.6) is 11.5 Å². The first kappa shape index (κ1) is 34.5. The molecule has 2 atom stereocenters. The molecule has 12 heteroatoms. The number of nitrogens with zero attached hydrogens (tertiary/aromatic N) is 5. The van der Waals surface area contributed by atoms with Gasteiger partial charge in [0.25, 0.3) is 0 Å². The van der Waals surface area contributed by atoms with E-state index in [0.29, 0.717) is 38.4 Å².